The molecule has 118 valence electrons. The standard InChI is InChI=1S/C13H9N5O2.ClO2/c19-18(20)12-8-6-11(7-9-12)17-15-13(14-16-17)10-4-2-1-3-5-10;2-1-3/h1-9H;/q;-1/p+1. The van der Waals surface area contributed by atoms with E-state index in [1.165, 1.54) is 16.9 Å². The molecule has 0 fully saturated rings. The summed E-state index contributed by atoms with van der Waals surface area (Å²) in [6, 6.07) is 15.6. The van der Waals surface area contributed by atoms with Crippen LogP contribution in [0.4, 0.5) is 5.69 Å². The van der Waals surface area contributed by atoms with Crippen molar-refractivity contribution in [1.29, 1.82) is 0 Å². The molecule has 0 aliphatic rings. The number of benzene rings is 2. The van der Waals surface area contributed by atoms with Gasteiger partial charge in [-0.2, -0.15) is 0 Å². The number of non-ortho nitro benzene ring substituents is 1. The number of aromatic amines is 1. The van der Waals surface area contributed by atoms with Crippen molar-refractivity contribution in [1.82, 2.24) is 15.4 Å². The molecular weight excluding hydrogens is 326 g/mol. The van der Waals surface area contributed by atoms with Crippen LogP contribution in [-0.2, 0) is 0 Å². The van der Waals surface area contributed by atoms with Gasteiger partial charge in [-0.05, 0) is 39.4 Å². The van der Waals surface area contributed by atoms with Crippen LogP contribution in [0.25, 0.3) is 17.1 Å². The number of tetrazole rings is 1. The van der Waals surface area contributed by atoms with E-state index >= 15 is 0 Å². The zero-order valence-electron chi connectivity index (χ0n) is 11.5. The summed E-state index contributed by atoms with van der Waals surface area (Å²) in [7, 11) is 0. The highest BCUT2D eigenvalue weighted by atomic mass is 35.6. The molecule has 0 saturated heterocycles. The molecule has 0 atom stereocenters. The van der Waals surface area contributed by atoms with Gasteiger partial charge in [0.1, 0.15) is 0 Å². The number of rotatable bonds is 3. The van der Waals surface area contributed by atoms with Crippen LogP contribution < -0.4 is 14.1 Å². The monoisotopic (exact) mass is 335 g/mol. The molecule has 10 heteroatoms. The molecule has 3 aromatic rings. The first kappa shape index (κ1) is 16.5. The number of hydrogen-bond donors (Lipinski definition) is 1. The van der Waals surface area contributed by atoms with E-state index in [1.807, 2.05) is 30.3 Å². The van der Waals surface area contributed by atoms with Crippen LogP contribution in [0.3, 0.4) is 0 Å². The molecule has 0 aliphatic heterocycles. The van der Waals surface area contributed by atoms with Gasteiger partial charge in [0.25, 0.3) is 5.69 Å². The summed E-state index contributed by atoms with van der Waals surface area (Å²) in [6.45, 7) is 0. The van der Waals surface area contributed by atoms with Crippen LogP contribution in [0.1, 0.15) is 0 Å². The summed E-state index contributed by atoms with van der Waals surface area (Å²) in [5.41, 5.74) is 1.60. The number of H-pyrrole nitrogens is 1. The lowest BCUT2D eigenvalue weighted by molar-refractivity contribution is -1.41. The zero-order chi connectivity index (χ0) is 16.7. The van der Waals surface area contributed by atoms with Crippen LogP contribution in [-0.4, -0.2) is 20.3 Å². The Bertz CT molecular complexity index is 764. The Hall–Kier alpha value is -2.88. The highest BCUT2D eigenvalue weighted by Gasteiger charge is 2.15. The number of nitrogens with zero attached hydrogens (tertiary/aromatic N) is 4. The lowest BCUT2D eigenvalue weighted by Gasteiger charge is -1.92. The molecule has 23 heavy (non-hydrogen) atoms. The van der Waals surface area contributed by atoms with Crippen molar-refractivity contribution < 1.29 is 30.4 Å². The first-order chi connectivity index (χ1) is 11.2. The molecular formula is C13H10ClN5O4. The van der Waals surface area contributed by atoms with Gasteiger partial charge in [-0.25, -0.2) is 0 Å². The van der Waals surface area contributed by atoms with Crippen molar-refractivity contribution in [3.05, 3.63) is 64.7 Å². The first-order valence-electron chi connectivity index (χ1n) is 6.20. The smallest absolute Gasteiger partial charge is 0.339 e. The van der Waals surface area contributed by atoms with Gasteiger partial charge in [-0.1, -0.05) is 18.2 Å². The van der Waals surface area contributed by atoms with E-state index in [-0.39, 0.29) is 5.69 Å². The van der Waals surface area contributed by atoms with Gasteiger partial charge in [-0.15, -0.1) is 0 Å². The van der Waals surface area contributed by atoms with Crippen molar-refractivity contribution in [2.45, 2.75) is 0 Å². The van der Waals surface area contributed by atoms with Crippen LogP contribution in [0, 0.1) is 21.4 Å². The van der Waals surface area contributed by atoms with Crippen molar-refractivity contribution >= 4 is 5.69 Å². The molecule has 0 spiro atoms. The number of hydrogen-bond acceptors (Lipinski definition) is 6. The molecule has 0 bridgehead atoms. The maximum Gasteiger partial charge on any atom is 0.339 e. The number of nitrogens with one attached hydrogen (secondary N) is 1. The van der Waals surface area contributed by atoms with Crippen molar-refractivity contribution in [2.75, 3.05) is 0 Å². The van der Waals surface area contributed by atoms with Crippen LogP contribution >= 0.6 is 0 Å². The Morgan fingerprint density at radius 3 is 2.22 bits per heavy atom. The van der Waals surface area contributed by atoms with Gasteiger partial charge in [-0.3, -0.25) is 10.1 Å². The van der Waals surface area contributed by atoms with Crippen molar-refractivity contribution in [3.63, 3.8) is 0 Å². The zero-order valence-corrected chi connectivity index (χ0v) is 12.3. The fourth-order valence-corrected chi connectivity index (χ4v) is 1.77. The van der Waals surface area contributed by atoms with Crippen molar-refractivity contribution in [3.8, 4) is 17.1 Å². The minimum Gasteiger partial charge on any atom is -0.544 e. The fraction of sp³-hybridized carbons (Fsp3) is 0. The molecule has 0 unspecified atom stereocenters. The summed E-state index contributed by atoms with van der Waals surface area (Å²) in [4.78, 5) is 11.6. The molecule has 1 aromatic heterocycles. The summed E-state index contributed by atoms with van der Waals surface area (Å²) in [5.74, 6) is 0.559. The predicted octanol–water partition coefficient (Wildman–Crippen LogP) is -0.721. The van der Waals surface area contributed by atoms with Crippen molar-refractivity contribution in [2.24, 2.45) is 0 Å². The maximum atomic E-state index is 10.6. The van der Waals surface area contributed by atoms with E-state index < -0.39 is 16.2 Å². The average molecular weight is 336 g/mol. The molecule has 0 saturated carbocycles. The molecule has 0 radical (unpaired) electrons. The summed E-state index contributed by atoms with van der Waals surface area (Å²) < 4.78 is 16.5. The second kappa shape index (κ2) is 7.94. The predicted molar refractivity (Wildman–Crippen MR) is 70.0 cm³/mol. The normalized spacial score (nSPS) is 9.83. The Labute approximate surface area is 134 Å². The van der Waals surface area contributed by atoms with Gasteiger partial charge in [0.05, 0.1) is 26.9 Å². The van der Waals surface area contributed by atoms with Crippen LogP contribution in [0.15, 0.2) is 54.6 Å². The topological polar surface area (TPSA) is 135 Å². The highest BCUT2D eigenvalue weighted by Crippen LogP contribution is 2.13. The van der Waals surface area contributed by atoms with Gasteiger partial charge < -0.3 is 9.32 Å². The van der Waals surface area contributed by atoms with E-state index in [9.17, 15) is 10.1 Å². The third kappa shape index (κ3) is 4.30. The van der Waals surface area contributed by atoms with E-state index in [0.717, 1.165) is 5.56 Å². The lowest BCUT2D eigenvalue weighted by Crippen LogP contribution is -2.36. The largest absolute Gasteiger partial charge is 0.544 e. The number of halogens is 1. The quantitative estimate of drug-likeness (QED) is 0.381. The van der Waals surface area contributed by atoms with Gasteiger partial charge in [0.15, 0.2) is 5.69 Å². The Morgan fingerprint density at radius 1 is 1.04 bits per heavy atom. The number of nitro groups is 1. The Balaban J connectivity index is 0.000000595. The molecule has 9 nitrogen and oxygen atoms in total. The third-order valence-corrected chi connectivity index (χ3v) is 2.78. The lowest BCUT2D eigenvalue weighted by atomic mass is 10.2. The second-order valence-corrected chi connectivity index (χ2v) is 4.28. The molecule has 0 amide bonds. The van der Waals surface area contributed by atoms with Crippen LogP contribution in [0.5, 0.6) is 0 Å². The summed E-state index contributed by atoms with van der Waals surface area (Å²) in [6.07, 6.45) is 0. The summed E-state index contributed by atoms with van der Waals surface area (Å²) in [5, 5.41) is 21.8. The van der Waals surface area contributed by atoms with Gasteiger partial charge in [0, 0.05) is 12.1 Å². The second-order valence-electron chi connectivity index (χ2n) is 4.15. The first-order valence-corrected chi connectivity index (χ1v) is 6.81. The van der Waals surface area contributed by atoms with Crippen LogP contribution in [0.2, 0.25) is 0 Å². The summed E-state index contributed by atoms with van der Waals surface area (Å²) >= 11 is -0.417. The highest BCUT2D eigenvalue weighted by molar-refractivity contribution is 5.52. The fourth-order valence-electron chi connectivity index (χ4n) is 1.77. The number of nitro benzene ring substituents is 1. The SMILES string of the molecule is O=[N+]([O-])c1ccc(-[n+]2nc(-c3ccccc3)n[nH]2)cc1.[O-][Cl+][O-]. The third-order valence-electron chi connectivity index (χ3n) is 2.78. The van der Waals surface area contributed by atoms with E-state index in [1.54, 1.807) is 12.1 Å². The Morgan fingerprint density at radius 2 is 1.65 bits per heavy atom. The maximum absolute atomic E-state index is 10.6. The minimum atomic E-state index is -0.440. The average Bonchev–Trinajstić information content (AvgIpc) is 3.06. The molecule has 1 N–H and O–H groups in total. The minimum absolute atomic E-state index is 0.0390. The Kier molecular flexibility index (Phi) is 5.69. The molecule has 2 aromatic carbocycles. The van der Waals surface area contributed by atoms with Gasteiger partial charge >= 0.3 is 5.82 Å². The van der Waals surface area contributed by atoms with E-state index in [2.05, 4.69) is 15.4 Å². The van der Waals surface area contributed by atoms with E-state index in [0.29, 0.717) is 11.5 Å². The molecule has 3 rings (SSSR count). The molecule has 0 aliphatic carbocycles. The van der Waals surface area contributed by atoms with E-state index in [4.69, 9.17) is 9.32 Å². The number of aromatic nitrogens is 4. The molecule has 1 heterocycles. The van der Waals surface area contributed by atoms with Gasteiger partial charge in [0.2, 0.25) is 0 Å².